The van der Waals surface area contributed by atoms with E-state index in [-0.39, 0.29) is 30.2 Å². The molecular weight excluding hydrogens is 260 g/mol. The predicted molar refractivity (Wildman–Crippen MR) is 72.8 cm³/mol. The summed E-state index contributed by atoms with van der Waals surface area (Å²) in [6.45, 7) is 1.93. The Kier molecular flexibility index (Phi) is 3.74. The van der Waals surface area contributed by atoms with E-state index in [0.717, 1.165) is 12.0 Å². The first-order valence-electron chi connectivity index (χ1n) is 8.31. The third-order valence-electron chi connectivity index (χ3n) is 3.91. The van der Waals surface area contributed by atoms with Crippen molar-refractivity contribution in [2.24, 2.45) is 5.92 Å². The Morgan fingerprint density at radius 1 is 1.55 bits per heavy atom. The van der Waals surface area contributed by atoms with E-state index in [1.807, 2.05) is 13.0 Å². The number of fused-ring (bicyclic) bond motifs is 1. The van der Waals surface area contributed by atoms with Crippen molar-refractivity contribution in [3.05, 3.63) is 23.8 Å². The van der Waals surface area contributed by atoms with Gasteiger partial charge in [-0.2, -0.15) is 0 Å². The van der Waals surface area contributed by atoms with Crippen molar-refractivity contribution in [1.82, 2.24) is 0 Å². The summed E-state index contributed by atoms with van der Waals surface area (Å²) in [6.07, 6.45) is 6.06. The van der Waals surface area contributed by atoms with Crippen molar-refractivity contribution in [2.45, 2.75) is 57.0 Å². The van der Waals surface area contributed by atoms with Crippen LogP contribution in [0.15, 0.2) is 23.8 Å². The van der Waals surface area contributed by atoms with Crippen LogP contribution in [-0.2, 0) is 9.53 Å². The Balaban J connectivity index is 1.98. The van der Waals surface area contributed by atoms with Crippen molar-refractivity contribution in [1.29, 1.82) is 4.29 Å². The maximum absolute atomic E-state index is 11.3. The van der Waals surface area contributed by atoms with Gasteiger partial charge in [-0.05, 0) is 24.8 Å². The van der Waals surface area contributed by atoms with Gasteiger partial charge in [-0.25, -0.2) is 4.79 Å². The molecule has 0 aromatic rings. The maximum Gasteiger partial charge on any atom is 0.331 e. The Labute approximate surface area is 123 Å². The Hall–Kier alpha value is -1.17. The molecule has 1 saturated carbocycles. The summed E-state index contributed by atoms with van der Waals surface area (Å²) in [7, 11) is 0. The number of ether oxygens (including phenoxy) is 1. The van der Waals surface area contributed by atoms with Gasteiger partial charge in [-0.1, -0.05) is 19.1 Å². The van der Waals surface area contributed by atoms with Crippen LogP contribution < -0.4 is 0 Å². The van der Waals surface area contributed by atoms with E-state index >= 15 is 0 Å². The molecule has 2 aliphatic rings. The second-order valence-electron chi connectivity index (χ2n) is 5.40. The van der Waals surface area contributed by atoms with E-state index in [1.54, 1.807) is 6.08 Å². The molecule has 5 nitrogen and oxygen atoms in total. The molecule has 20 heavy (non-hydrogen) atoms. The average Bonchev–Trinajstić information content (AvgIpc) is 3.07. The molecule has 1 fully saturated rings. The summed E-state index contributed by atoms with van der Waals surface area (Å²) in [6, 6.07) is 0. The molecule has 1 aliphatic heterocycles. The molecule has 1 aliphatic carbocycles. The Morgan fingerprint density at radius 3 is 3.15 bits per heavy atom. The van der Waals surface area contributed by atoms with Crippen LogP contribution in [0.5, 0.6) is 0 Å². The number of aliphatic hydroxyl groups is 3. The molecule has 5 atom stereocenters. The largest absolute Gasteiger partial charge is 0.455 e. The predicted octanol–water partition coefficient (Wildman–Crippen LogP) is 0.687. The van der Waals surface area contributed by atoms with E-state index in [1.165, 1.54) is 6.08 Å². The third kappa shape index (κ3) is 3.48. The van der Waals surface area contributed by atoms with Crippen LogP contribution in [0.1, 0.15) is 32.6 Å². The van der Waals surface area contributed by atoms with Gasteiger partial charge >= 0.3 is 5.97 Å². The van der Waals surface area contributed by atoms with Gasteiger partial charge in [-0.15, -0.1) is 0 Å². The summed E-state index contributed by atoms with van der Waals surface area (Å²) in [5, 5.41) is 14.0. The van der Waals surface area contributed by atoms with Crippen LogP contribution in [-0.4, -0.2) is 50.0 Å². The fraction of sp³-hybridized carbons (Fsp3) is 0.667. The third-order valence-corrected chi connectivity index (χ3v) is 3.91. The highest BCUT2D eigenvalue weighted by Gasteiger charge is 2.42. The fourth-order valence-electron chi connectivity index (χ4n) is 2.67. The molecule has 112 valence electrons. The molecule has 3 N–H and O–H groups in total. The fourth-order valence-corrected chi connectivity index (χ4v) is 2.67. The van der Waals surface area contributed by atoms with E-state index in [9.17, 15) is 4.79 Å². The van der Waals surface area contributed by atoms with Crippen LogP contribution in [0.4, 0.5) is 0 Å². The molecule has 0 saturated heterocycles. The zero-order valence-electron chi connectivity index (χ0n) is 14.5. The average molecular weight is 288 g/mol. The highest BCUT2D eigenvalue weighted by Crippen LogP contribution is 2.38. The minimum absolute atomic E-state index is 0.176. The molecule has 0 amide bonds. The first-order valence-corrected chi connectivity index (χ1v) is 7.09. The number of aliphatic hydroxyl groups excluding tert-OH is 3. The summed E-state index contributed by atoms with van der Waals surface area (Å²) < 4.78 is 26.4. The smallest absolute Gasteiger partial charge is 0.331 e. The number of rotatable bonds is 9. The second kappa shape index (κ2) is 6.52. The first kappa shape index (κ1) is 11.5. The summed E-state index contributed by atoms with van der Waals surface area (Å²) in [4.78, 5) is 11.3. The monoisotopic (exact) mass is 288 g/mol. The molecule has 2 unspecified atom stereocenters. The lowest BCUT2D eigenvalue weighted by Crippen LogP contribution is -2.14. The molecule has 0 aromatic carbocycles. The van der Waals surface area contributed by atoms with Gasteiger partial charge in [0.15, 0.2) is 0 Å². The Bertz CT molecular complexity index is 464. The van der Waals surface area contributed by atoms with Crippen LogP contribution in [0, 0.1) is 5.92 Å². The number of carbonyl (C=O) groups excluding carboxylic acids is 1. The Morgan fingerprint density at radius 2 is 2.45 bits per heavy atom. The minimum Gasteiger partial charge on any atom is -0.455 e. The lowest BCUT2D eigenvalue weighted by molar-refractivity contribution is -0.139. The quantitative estimate of drug-likeness (QED) is 0.429. The summed E-state index contributed by atoms with van der Waals surface area (Å²) in [5.41, 5.74) is 0.813. The zero-order chi connectivity index (χ0) is 16.8. The number of hydrogen-bond acceptors (Lipinski definition) is 5. The van der Waals surface area contributed by atoms with Crippen LogP contribution in [0.25, 0.3) is 0 Å². The first-order chi connectivity index (χ1) is 11.1. The van der Waals surface area contributed by atoms with Gasteiger partial charge in [0.1, 0.15) is 6.10 Å². The number of hydrogen-bond donors (Lipinski definition) is 3. The van der Waals surface area contributed by atoms with Gasteiger partial charge in [0.2, 0.25) is 4.29 Å². The van der Waals surface area contributed by atoms with Crippen molar-refractivity contribution in [2.75, 3.05) is 0 Å². The van der Waals surface area contributed by atoms with Crippen molar-refractivity contribution >= 4 is 5.97 Å². The topological polar surface area (TPSA) is 87.0 Å². The molecule has 1 heterocycles. The molecule has 2 rings (SSSR count). The second-order valence-corrected chi connectivity index (χ2v) is 5.40. The molecule has 0 aromatic heterocycles. The van der Waals surface area contributed by atoms with Gasteiger partial charge in [0, 0.05) is 18.4 Å². The van der Waals surface area contributed by atoms with Crippen LogP contribution in [0.3, 0.4) is 0 Å². The maximum atomic E-state index is 11.3. The molecular formula is C15H22O5. The van der Waals surface area contributed by atoms with Crippen molar-refractivity contribution < 1.29 is 24.9 Å². The van der Waals surface area contributed by atoms with E-state index in [2.05, 4.69) is 5.11 Å². The number of esters is 1. The molecule has 0 bridgehead atoms. The van der Waals surface area contributed by atoms with Crippen LogP contribution in [0.2, 0.25) is 0 Å². The van der Waals surface area contributed by atoms with Gasteiger partial charge < -0.3 is 20.1 Å². The minimum atomic E-state index is -0.441. The van der Waals surface area contributed by atoms with Crippen molar-refractivity contribution in [3.8, 4) is 0 Å². The van der Waals surface area contributed by atoms with Crippen LogP contribution >= 0.6 is 0 Å². The lowest BCUT2D eigenvalue weighted by Gasteiger charge is -2.12. The van der Waals surface area contributed by atoms with E-state index in [0.29, 0.717) is 19.3 Å². The standard InChI is InChI=1S/C15H22O5/c1-2-9(16)3-4-10(17)5-6-11-12-7-15(19)20-14(12)8-13(11)18/h5-7,9-11,13-14,16-18H,2-4,8H2,1H3/b6-5+/t9?,10?,11-,13+,14-/m0/s1/i16T,17T,18T. The SMILES string of the molecule is [3H]OC(/C=C/[C@H]1C2=CC(=O)O[C@H]2C[C@H]1O[3H])CCC(CC)O[3H]. The van der Waals surface area contributed by atoms with Crippen molar-refractivity contribution in [3.63, 3.8) is 0 Å². The molecule has 5 heteroatoms. The van der Waals surface area contributed by atoms with Gasteiger partial charge in [0.25, 0.3) is 0 Å². The van der Waals surface area contributed by atoms with Gasteiger partial charge in [0.05, 0.1) is 18.3 Å². The summed E-state index contributed by atoms with van der Waals surface area (Å²) >= 11 is 0. The summed E-state index contributed by atoms with van der Waals surface area (Å²) in [5.74, 6) is -0.588. The van der Waals surface area contributed by atoms with E-state index in [4.69, 9.17) is 19.2 Å². The molecule has 0 radical (unpaired) electrons. The molecule has 0 spiro atoms. The normalized spacial score (nSPS) is 34.0. The highest BCUT2D eigenvalue weighted by atomic mass is 16.5. The zero-order valence-corrected chi connectivity index (χ0v) is 11.5. The highest BCUT2D eigenvalue weighted by molar-refractivity contribution is 5.86. The lowest BCUT2D eigenvalue weighted by atomic mass is 9.98. The number of carbonyl (C=O) groups is 1. The van der Waals surface area contributed by atoms with E-state index < -0.39 is 6.10 Å². The van der Waals surface area contributed by atoms with Gasteiger partial charge in [-0.3, -0.25) is 0 Å².